The molecule has 4 fully saturated rings. The van der Waals surface area contributed by atoms with Crippen LogP contribution in [-0.2, 0) is 27.3 Å². The Kier molecular flexibility index (Phi) is 28.2. The number of esters is 2. The minimum atomic E-state index is -1.71. The highest BCUT2D eigenvalue weighted by molar-refractivity contribution is 9.11. The first kappa shape index (κ1) is 75.6. The van der Waals surface area contributed by atoms with Crippen molar-refractivity contribution in [2.45, 2.75) is 126 Å². The highest BCUT2D eigenvalue weighted by atomic mass is 79.9. The lowest BCUT2D eigenvalue weighted by molar-refractivity contribution is -0.384. The van der Waals surface area contributed by atoms with E-state index in [1.54, 1.807) is 61.7 Å². The van der Waals surface area contributed by atoms with Crippen LogP contribution < -0.4 is 10.5 Å². The number of ether oxygens (including phenoxy) is 3. The number of nitro benzene ring substituents is 1. The van der Waals surface area contributed by atoms with Gasteiger partial charge in [0.2, 0.25) is 0 Å². The Balaban J connectivity index is 0.000000161. The molecule has 0 unspecified atom stereocenters. The van der Waals surface area contributed by atoms with E-state index >= 15 is 0 Å². The van der Waals surface area contributed by atoms with E-state index < -0.39 is 24.0 Å². The molecule has 15 nitrogen and oxygen atoms in total. The van der Waals surface area contributed by atoms with Crippen LogP contribution >= 0.6 is 63.7 Å². The molecule has 7 aromatic carbocycles. The Morgan fingerprint density at radius 3 is 1.33 bits per heavy atom. The average molecular weight is 1590 g/mol. The Labute approximate surface area is 594 Å². The molecule has 510 valence electrons. The van der Waals surface area contributed by atoms with E-state index in [4.69, 9.17) is 24.4 Å². The lowest BCUT2D eigenvalue weighted by atomic mass is 9.77. The number of halogens is 8. The zero-order chi connectivity index (χ0) is 70.0. The number of carbonyl (C=O) groups is 2. The third-order valence-corrected chi connectivity index (χ3v) is 19.6. The number of carbonyl (C=O) groups excluding carboxylic acids is 2. The summed E-state index contributed by atoms with van der Waals surface area (Å²) in [5, 5.41) is 48.7. The lowest BCUT2D eigenvalue weighted by Crippen LogP contribution is -2.32. The highest BCUT2D eigenvalue weighted by Crippen LogP contribution is 2.44. The van der Waals surface area contributed by atoms with Crippen molar-refractivity contribution in [3.8, 4) is 0 Å². The van der Waals surface area contributed by atoms with Gasteiger partial charge in [0, 0.05) is 49.5 Å². The average Bonchev–Trinajstić information content (AvgIpc) is 1.25. The number of non-ortho nitro benzene ring substituents is 1. The SMILES string of the molecule is CC.COC(=O)c1cnc(N(Cc2ccccc2)Cc2ccccc2)c2[nH]c(B(O)O)cc12.COC1CC(c2cccc(Br)c2F)C1.O=C(OC1CC(c2cccc(Br)c2F)C1)c1ccc([N+](=O)[O-])cc1.OC1CC(c2cccc(Br)c2F)C1.OC1CC(c2cccc(Br)c2F)C1. The number of aromatic nitrogens is 2. The highest BCUT2D eigenvalue weighted by Gasteiger charge is 2.37. The molecule has 9 aromatic rings. The van der Waals surface area contributed by atoms with Crippen molar-refractivity contribution in [1.82, 2.24) is 9.97 Å². The first-order chi connectivity index (χ1) is 46.6. The van der Waals surface area contributed by atoms with Crippen LogP contribution in [0.25, 0.3) is 10.9 Å². The second kappa shape index (κ2) is 36.1. The molecular weight excluding hydrogens is 1520 g/mol. The zero-order valence-electron chi connectivity index (χ0n) is 53.4. The molecular formula is C73H73BBr4F4N4O11. The topological polar surface area (TPSA) is 218 Å². The molecule has 4 saturated carbocycles. The first-order valence-corrected chi connectivity index (χ1v) is 34.7. The minimum absolute atomic E-state index is 0.0251. The molecule has 97 heavy (non-hydrogen) atoms. The van der Waals surface area contributed by atoms with E-state index in [9.17, 15) is 47.3 Å². The fraction of sp³-hybridized carbons (Fsp3) is 0.301. The number of fused-ring (bicyclic) bond motifs is 1. The maximum absolute atomic E-state index is 14.0. The summed E-state index contributed by atoms with van der Waals surface area (Å²) >= 11 is 12.6. The van der Waals surface area contributed by atoms with Crippen LogP contribution in [0.4, 0.5) is 29.1 Å². The zero-order valence-corrected chi connectivity index (χ0v) is 59.8. The van der Waals surface area contributed by atoms with Gasteiger partial charge in [0.25, 0.3) is 5.69 Å². The van der Waals surface area contributed by atoms with Gasteiger partial charge in [0.1, 0.15) is 29.4 Å². The van der Waals surface area contributed by atoms with Crippen molar-refractivity contribution in [1.29, 1.82) is 0 Å². The largest absolute Gasteiger partial charge is 0.505 e. The molecule has 0 saturated heterocycles. The fourth-order valence-electron chi connectivity index (χ4n) is 11.5. The molecule has 4 aliphatic carbocycles. The summed E-state index contributed by atoms with van der Waals surface area (Å²) in [4.78, 5) is 44.0. The van der Waals surface area contributed by atoms with E-state index in [2.05, 4.69) is 78.6 Å². The Morgan fingerprint density at radius 1 is 0.577 bits per heavy atom. The number of aromatic amines is 1. The number of benzene rings is 7. The molecule has 0 atom stereocenters. The second-order valence-corrected chi connectivity index (χ2v) is 26.9. The molecule has 4 aliphatic rings. The molecule has 0 aliphatic heterocycles. The molecule has 0 spiro atoms. The van der Waals surface area contributed by atoms with Gasteiger partial charge >= 0.3 is 19.1 Å². The summed E-state index contributed by atoms with van der Waals surface area (Å²) in [6, 6.07) is 48.0. The monoisotopic (exact) mass is 1580 g/mol. The van der Waals surface area contributed by atoms with E-state index in [1.807, 2.05) is 98.8 Å². The van der Waals surface area contributed by atoms with E-state index in [0.717, 1.165) is 40.7 Å². The number of aliphatic hydroxyl groups is 2. The van der Waals surface area contributed by atoms with E-state index in [-0.39, 0.29) is 81.7 Å². The smallest absolute Gasteiger partial charge is 0.465 e. The van der Waals surface area contributed by atoms with Gasteiger partial charge < -0.3 is 44.4 Å². The summed E-state index contributed by atoms with van der Waals surface area (Å²) < 4.78 is 72.0. The van der Waals surface area contributed by atoms with Crippen molar-refractivity contribution >= 4 is 111 Å². The number of hydrogen-bond acceptors (Lipinski definition) is 13. The molecule has 2 aromatic heterocycles. The van der Waals surface area contributed by atoms with Gasteiger partial charge in [-0.25, -0.2) is 32.1 Å². The minimum Gasteiger partial charge on any atom is -0.465 e. The Bertz CT molecular complexity index is 3980. The van der Waals surface area contributed by atoms with Crippen LogP contribution in [0, 0.1) is 33.4 Å². The van der Waals surface area contributed by atoms with Gasteiger partial charge in [-0.3, -0.25) is 10.1 Å². The number of aliphatic hydroxyl groups excluding tert-OH is 2. The quantitative estimate of drug-likeness (QED) is 0.0212. The lowest BCUT2D eigenvalue weighted by Gasteiger charge is -2.35. The van der Waals surface area contributed by atoms with Crippen molar-refractivity contribution in [2.75, 3.05) is 19.1 Å². The van der Waals surface area contributed by atoms with Gasteiger partial charge in [-0.2, -0.15) is 0 Å². The number of rotatable bonds is 15. The Hall–Kier alpha value is -7.13. The fourth-order valence-corrected chi connectivity index (χ4v) is 13.0. The summed E-state index contributed by atoms with van der Waals surface area (Å²) in [6.07, 6.45) is 6.79. The van der Waals surface area contributed by atoms with Crippen molar-refractivity contribution in [3.05, 3.63) is 266 Å². The number of methoxy groups -OCH3 is 2. The molecule has 13 rings (SSSR count). The third kappa shape index (κ3) is 19.8. The normalized spacial score (nSPS) is 19.3. The summed E-state index contributed by atoms with van der Waals surface area (Å²) in [6.45, 7) is 5.15. The van der Waals surface area contributed by atoms with Crippen LogP contribution in [0.3, 0.4) is 0 Å². The van der Waals surface area contributed by atoms with Crippen LogP contribution in [0.15, 0.2) is 188 Å². The Morgan fingerprint density at radius 2 is 0.969 bits per heavy atom. The van der Waals surface area contributed by atoms with Gasteiger partial charge in [-0.05, 0) is 215 Å². The molecule has 0 amide bonds. The number of nitro groups is 1. The summed E-state index contributed by atoms with van der Waals surface area (Å²) in [5.41, 5.74) is 6.21. The van der Waals surface area contributed by atoms with Gasteiger partial charge in [0.05, 0.1) is 64.9 Å². The number of H-pyrrole nitrogens is 1. The van der Waals surface area contributed by atoms with Crippen LogP contribution in [0.2, 0.25) is 0 Å². The summed E-state index contributed by atoms with van der Waals surface area (Å²) in [7, 11) is 1.30. The van der Waals surface area contributed by atoms with Crippen molar-refractivity contribution in [3.63, 3.8) is 0 Å². The van der Waals surface area contributed by atoms with Gasteiger partial charge in [0.15, 0.2) is 5.82 Å². The number of pyridine rings is 1. The molecule has 5 N–H and O–H groups in total. The molecule has 0 radical (unpaired) electrons. The van der Waals surface area contributed by atoms with Crippen LogP contribution in [0.5, 0.6) is 0 Å². The van der Waals surface area contributed by atoms with Crippen molar-refractivity contribution < 1.29 is 66.5 Å². The number of hydrogen-bond donors (Lipinski definition) is 5. The number of nitrogens with one attached hydrogen (secondary N) is 1. The molecule has 0 bridgehead atoms. The van der Waals surface area contributed by atoms with Crippen LogP contribution in [-0.4, -0.2) is 92.8 Å². The predicted octanol–water partition coefficient (Wildman–Crippen LogP) is 17.0. The van der Waals surface area contributed by atoms with E-state index in [1.165, 1.54) is 37.6 Å². The van der Waals surface area contributed by atoms with Crippen molar-refractivity contribution in [2.24, 2.45) is 0 Å². The standard InChI is InChI=1S/C23H22BN3O4.C17H13BrFNO4.C11H12BrFO.2C10H10BrFO.C2H6/c1-31-23(28)19-13-25-22(21-18(19)12-20(26-21)24(29)30)27(14-16-8-4-2-5-9-16)15-17-10-6-3-7-11-17;18-15-3-1-2-14(16(15)19)11-8-13(9-11)24-17(21)10-4-6-12(7-5-10)20(22)23;1-14-8-5-7(6-8)9-3-2-4-10(12)11(9)13;2*11-9-3-1-2-8(10(9)12)6-4-7(13)5-6;1-2/h2-13,26,29-30H,14-15H2,1H3;1-7,11,13H,8-9H2;2-4,7-8H,5-6H2,1H3;2*1-3,6-7,13H,4-5H2;1-2H3. The first-order valence-electron chi connectivity index (χ1n) is 31.5. The third-order valence-electron chi connectivity index (χ3n) is 17.1. The number of nitrogens with zero attached hydrogens (tertiary/aromatic N) is 3. The van der Waals surface area contributed by atoms with Crippen LogP contribution in [0.1, 0.15) is 143 Å². The maximum atomic E-state index is 14.0. The predicted molar refractivity (Wildman–Crippen MR) is 381 cm³/mol. The summed E-state index contributed by atoms with van der Waals surface area (Å²) in [5.74, 6) is -0.465. The second-order valence-electron chi connectivity index (χ2n) is 23.4. The molecule has 24 heteroatoms. The van der Waals surface area contributed by atoms with Gasteiger partial charge in [-0.15, -0.1) is 0 Å². The van der Waals surface area contributed by atoms with Gasteiger partial charge in [-0.1, -0.05) is 123 Å². The molecule has 2 heterocycles. The number of anilines is 1. The maximum Gasteiger partial charge on any atom is 0.505 e. The van der Waals surface area contributed by atoms with E-state index in [0.29, 0.717) is 104 Å².